The van der Waals surface area contributed by atoms with Crippen LogP contribution in [0.5, 0.6) is 5.75 Å². The average Bonchev–Trinajstić information content (AvgIpc) is 4.19. The third-order valence-electron chi connectivity index (χ3n) is 15.3. The highest BCUT2D eigenvalue weighted by Gasteiger charge is 2.45. The van der Waals surface area contributed by atoms with Gasteiger partial charge in [0.2, 0.25) is 17.7 Å². The molecule has 4 aromatic carbocycles. The zero-order valence-electron chi connectivity index (χ0n) is 45.1. The van der Waals surface area contributed by atoms with Crippen molar-refractivity contribution < 1.29 is 38.9 Å². The molecule has 17 nitrogen and oxygen atoms in total. The van der Waals surface area contributed by atoms with Crippen molar-refractivity contribution in [3.8, 4) is 27.3 Å². The van der Waals surface area contributed by atoms with E-state index in [2.05, 4.69) is 25.9 Å². The van der Waals surface area contributed by atoms with Gasteiger partial charge in [-0.15, -0.1) is 11.3 Å². The summed E-state index contributed by atoms with van der Waals surface area (Å²) in [5, 5.41) is 30.9. The van der Waals surface area contributed by atoms with Gasteiger partial charge < -0.3 is 35.4 Å². The van der Waals surface area contributed by atoms with Crippen LogP contribution in [0.4, 0.5) is 10.9 Å². The number of thiazole rings is 2. The monoisotopic (exact) mass is 1100 g/mol. The first-order valence-corrected chi connectivity index (χ1v) is 28.4. The highest BCUT2D eigenvalue weighted by atomic mass is 32.1. The molecule has 6 heterocycles. The Balaban J connectivity index is 0.741. The average molecular weight is 1100 g/mol. The number of carboxylic acid groups (broad SMARTS) is 1. The van der Waals surface area contributed by atoms with Crippen LogP contribution in [0.15, 0.2) is 103 Å². The van der Waals surface area contributed by atoms with E-state index in [9.17, 15) is 34.2 Å². The van der Waals surface area contributed by atoms with E-state index in [1.54, 1.807) is 23.5 Å². The number of ether oxygens (including phenoxy) is 1. The van der Waals surface area contributed by atoms with Crippen LogP contribution in [-0.2, 0) is 27.3 Å². The summed E-state index contributed by atoms with van der Waals surface area (Å²) >= 11 is 2.99. The fourth-order valence-corrected chi connectivity index (χ4v) is 12.6. The summed E-state index contributed by atoms with van der Waals surface area (Å²) in [5.74, 6) is -1.43. The zero-order valence-corrected chi connectivity index (χ0v) is 46.7. The first-order chi connectivity index (χ1) is 37.9. The fourth-order valence-electron chi connectivity index (χ4n) is 10.9. The highest BCUT2D eigenvalue weighted by molar-refractivity contribution is 7.22. The Hall–Kier alpha value is -7.58. The number of likely N-dealkylation sites (tertiary alicyclic amines) is 2. The van der Waals surface area contributed by atoms with Crippen LogP contribution in [0, 0.1) is 19.3 Å². The zero-order chi connectivity index (χ0) is 55.7. The lowest BCUT2D eigenvalue weighted by molar-refractivity contribution is -0.144. The maximum absolute atomic E-state index is 14.4. The SMILES string of the molecule is Cc1ncsc1-c1ccc(C(C)NC(=O)[C@@H]2C[C@@H](O)CN2C(=O)C(NC(=O)CN2CCC(Oc3cccc(-c4ccc(N5CCc6cccc(C(=O)Nc7nc8ccccc8s7)c6C5)nc4C(=O)O)c3C)CC2)C(C)(C)C)cc1. The molecule has 410 valence electrons. The number of anilines is 2. The number of β-amino-alcohol motifs (C(OH)–C–C–N with tert-alkyl or cyclic N) is 1. The van der Waals surface area contributed by atoms with E-state index in [0.717, 1.165) is 48.6 Å². The van der Waals surface area contributed by atoms with Crippen molar-refractivity contribution in [2.24, 2.45) is 5.41 Å². The number of hydrogen-bond donors (Lipinski definition) is 5. The molecule has 2 unspecified atom stereocenters. The van der Waals surface area contributed by atoms with Crippen LogP contribution < -0.4 is 25.6 Å². The van der Waals surface area contributed by atoms with E-state index < -0.39 is 35.5 Å². The molecule has 3 aliphatic rings. The minimum atomic E-state index is -1.17. The number of aromatic carboxylic acids is 1. The van der Waals surface area contributed by atoms with E-state index in [0.29, 0.717) is 78.8 Å². The maximum atomic E-state index is 14.4. The molecule has 4 atom stereocenters. The van der Waals surface area contributed by atoms with Crippen molar-refractivity contribution in [3.63, 3.8) is 0 Å². The number of rotatable bonds is 15. The number of aromatic nitrogens is 3. The van der Waals surface area contributed by atoms with Gasteiger partial charge in [-0.3, -0.25) is 29.4 Å². The molecule has 19 heteroatoms. The maximum Gasteiger partial charge on any atom is 0.355 e. The summed E-state index contributed by atoms with van der Waals surface area (Å²) in [6.45, 7) is 13.5. The summed E-state index contributed by atoms with van der Waals surface area (Å²) in [6.07, 6.45) is 0.906. The van der Waals surface area contributed by atoms with E-state index >= 15 is 0 Å². The van der Waals surface area contributed by atoms with E-state index in [1.807, 2.05) is 142 Å². The molecule has 0 spiro atoms. The predicted molar refractivity (Wildman–Crippen MR) is 307 cm³/mol. The Labute approximate surface area is 467 Å². The third-order valence-corrected chi connectivity index (χ3v) is 17.2. The molecular weight excluding hydrogens is 1040 g/mol. The van der Waals surface area contributed by atoms with Gasteiger partial charge in [0.05, 0.1) is 45.0 Å². The Morgan fingerprint density at radius 3 is 2.34 bits per heavy atom. The summed E-state index contributed by atoms with van der Waals surface area (Å²) < 4.78 is 7.58. The van der Waals surface area contributed by atoms with E-state index in [1.165, 1.54) is 16.2 Å². The Bertz CT molecular complexity index is 3410. The minimum absolute atomic E-state index is 0.0245. The molecule has 3 aromatic heterocycles. The molecule has 4 amide bonds. The molecule has 0 aliphatic carbocycles. The Morgan fingerprint density at radius 1 is 0.861 bits per heavy atom. The number of carboxylic acids is 1. The van der Waals surface area contributed by atoms with Crippen LogP contribution in [-0.4, -0.2) is 122 Å². The number of pyridine rings is 1. The number of carbonyl (C=O) groups is 5. The molecule has 7 aromatic rings. The van der Waals surface area contributed by atoms with Crippen molar-refractivity contribution in [1.82, 2.24) is 35.4 Å². The number of nitrogens with zero attached hydrogens (tertiary/aromatic N) is 6. The number of aliphatic hydroxyl groups excluding tert-OH is 1. The molecule has 0 bridgehead atoms. The normalized spacial score (nSPS) is 17.7. The summed E-state index contributed by atoms with van der Waals surface area (Å²) in [7, 11) is 0. The second-order valence-corrected chi connectivity index (χ2v) is 23.7. The first-order valence-electron chi connectivity index (χ1n) is 26.7. The van der Waals surface area contributed by atoms with Gasteiger partial charge in [0, 0.05) is 50.3 Å². The summed E-state index contributed by atoms with van der Waals surface area (Å²) in [4.78, 5) is 88.8. The number of carbonyl (C=O) groups excluding carboxylic acids is 4. The lowest BCUT2D eigenvalue weighted by Gasteiger charge is -2.36. The van der Waals surface area contributed by atoms with Gasteiger partial charge in [-0.25, -0.2) is 19.7 Å². The molecule has 5 N–H and O–H groups in total. The largest absolute Gasteiger partial charge is 0.490 e. The number of hydrogen-bond acceptors (Lipinski definition) is 14. The molecular formula is C60H65N9O8S2. The molecule has 2 saturated heterocycles. The number of nitrogens with one attached hydrogen (secondary N) is 3. The number of para-hydroxylation sites is 1. The number of benzene rings is 4. The van der Waals surface area contributed by atoms with Crippen molar-refractivity contribution in [2.45, 2.75) is 104 Å². The molecule has 3 aliphatic heterocycles. The van der Waals surface area contributed by atoms with Crippen molar-refractivity contribution in [2.75, 3.05) is 42.9 Å². The number of aryl methyl sites for hydroxylation is 1. The van der Waals surface area contributed by atoms with Gasteiger partial charge in [0.15, 0.2) is 10.8 Å². The summed E-state index contributed by atoms with van der Waals surface area (Å²) in [5.41, 5.74) is 9.05. The third kappa shape index (κ3) is 12.0. The lowest BCUT2D eigenvalue weighted by Crippen LogP contribution is -2.59. The predicted octanol–water partition coefficient (Wildman–Crippen LogP) is 8.83. The standard InChI is InChI=1S/C60H65N9O8S2/c1-34-42(43-21-22-50(64-52(43)58(75)76)68-28-23-38-11-9-13-44(45(38)31-68)55(72)66-59-63-46-14-7-8-16-49(46)79-59)12-10-15-48(34)77-41-24-26-67(27-25-41)32-51(71)65-54(60(4,5)6)57(74)69-30-40(70)29-47(69)56(73)62-35(2)37-17-19-39(20-18-37)53-36(3)61-33-78-53/h7-22,33,35,40-41,47,54,70H,23-32H2,1-6H3,(H,62,73)(H,65,71)(H,75,76)(H,63,66,72)/t35?,40-,47+,54?/m1/s1. The number of amides is 4. The number of aliphatic hydroxyl groups is 1. The summed E-state index contributed by atoms with van der Waals surface area (Å²) in [6, 6.07) is 28.3. The van der Waals surface area contributed by atoms with E-state index in [-0.39, 0.29) is 55.1 Å². The van der Waals surface area contributed by atoms with Crippen LogP contribution >= 0.6 is 22.7 Å². The number of fused-ring (bicyclic) bond motifs is 2. The quantitative estimate of drug-likeness (QED) is 0.0649. The molecule has 10 rings (SSSR count). The highest BCUT2D eigenvalue weighted by Crippen LogP contribution is 2.37. The topological polar surface area (TPSA) is 220 Å². The van der Waals surface area contributed by atoms with Gasteiger partial charge in [0.25, 0.3) is 5.91 Å². The first kappa shape index (κ1) is 54.8. The molecule has 0 radical (unpaired) electrons. The Morgan fingerprint density at radius 2 is 1.62 bits per heavy atom. The Kier molecular flexibility index (Phi) is 16.0. The van der Waals surface area contributed by atoms with Crippen LogP contribution in [0.3, 0.4) is 0 Å². The molecule has 79 heavy (non-hydrogen) atoms. The van der Waals surface area contributed by atoms with Gasteiger partial charge >= 0.3 is 5.97 Å². The van der Waals surface area contributed by atoms with Crippen LogP contribution in [0.1, 0.15) is 102 Å². The smallest absolute Gasteiger partial charge is 0.355 e. The van der Waals surface area contributed by atoms with Gasteiger partial charge in [-0.1, -0.05) is 92.8 Å². The van der Waals surface area contributed by atoms with Gasteiger partial charge in [0.1, 0.15) is 29.8 Å². The van der Waals surface area contributed by atoms with Crippen LogP contribution in [0.2, 0.25) is 0 Å². The second-order valence-electron chi connectivity index (χ2n) is 21.8. The van der Waals surface area contributed by atoms with Gasteiger partial charge in [-0.05, 0) is 115 Å². The second kappa shape index (κ2) is 23.0. The minimum Gasteiger partial charge on any atom is -0.490 e. The van der Waals surface area contributed by atoms with Crippen LogP contribution in [0.25, 0.3) is 31.8 Å². The molecule has 0 saturated carbocycles. The lowest BCUT2D eigenvalue weighted by atomic mass is 9.85. The van der Waals surface area contributed by atoms with Crippen molar-refractivity contribution in [3.05, 3.63) is 142 Å². The van der Waals surface area contributed by atoms with Gasteiger partial charge in [-0.2, -0.15) is 0 Å². The number of piperidine rings is 1. The fraction of sp³-hybridized carbons (Fsp3) is 0.367. The van der Waals surface area contributed by atoms with Crippen molar-refractivity contribution in [1.29, 1.82) is 0 Å². The van der Waals surface area contributed by atoms with Crippen molar-refractivity contribution >= 4 is 73.4 Å². The molecule has 2 fully saturated rings. The van der Waals surface area contributed by atoms with E-state index in [4.69, 9.17) is 9.72 Å².